The van der Waals surface area contributed by atoms with Crippen LogP contribution in [0.25, 0.3) is 0 Å². The van der Waals surface area contributed by atoms with Crippen LogP contribution in [0.3, 0.4) is 0 Å². The van der Waals surface area contributed by atoms with Gasteiger partial charge in [-0.3, -0.25) is 9.78 Å². The van der Waals surface area contributed by atoms with Gasteiger partial charge in [0, 0.05) is 23.7 Å². The Morgan fingerprint density at radius 3 is 3.00 bits per heavy atom. The summed E-state index contributed by atoms with van der Waals surface area (Å²) in [6, 6.07) is 0.415. The molecule has 0 atom stereocenters. The molecule has 0 bridgehead atoms. The van der Waals surface area contributed by atoms with Gasteiger partial charge in [-0.15, -0.1) is 11.3 Å². The Morgan fingerprint density at radius 2 is 2.31 bits per heavy atom. The summed E-state index contributed by atoms with van der Waals surface area (Å²) in [7, 11) is 0. The molecule has 1 aliphatic carbocycles. The molecule has 0 radical (unpaired) electrons. The van der Waals surface area contributed by atoms with Gasteiger partial charge in [-0.05, 0) is 12.8 Å². The SMILES string of the molecule is O=C(CNCc1cncs1)NC1CCCC1. The van der Waals surface area contributed by atoms with Crippen molar-refractivity contribution < 1.29 is 4.79 Å². The van der Waals surface area contributed by atoms with Gasteiger partial charge in [-0.1, -0.05) is 12.8 Å². The second-order valence-corrected chi connectivity index (χ2v) is 5.09. The summed E-state index contributed by atoms with van der Waals surface area (Å²) in [4.78, 5) is 16.7. The van der Waals surface area contributed by atoms with Gasteiger partial charge in [-0.2, -0.15) is 0 Å². The molecule has 1 fully saturated rings. The van der Waals surface area contributed by atoms with E-state index in [1.807, 2.05) is 6.20 Å². The lowest BCUT2D eigenvalue weighted by molar-refractivity contribution is -0.120. The van der Waals surface area contributed by atoms with Gasteiger partial charge in [0.05, 0.1) is 12.1 Å². The maximum Gasteiger partial charge on any atom is 0.234 e. The van der Waals surface area contributed by atoms with Crippen LogP contribution in [-0.2, 0) is 11.3 Å². The third-order valence-corrected chi connectivity index (χ3v) is 3.57. The van der Waals surface area contributed by atoms with E-state index in [1.165, 1.54) is 12.8 Å². The molecule has 2 rings (SSSR count). The molecule has 0 saturated heterocycles. The van der Waals surface area contributed by atoms with Gasteiger partial charge in [-0.25, -0.2) is 0 Å². The smallest absolute Gasteiger partial charge is 0.234 e. The standard InChI is InChI=1S/C11H17N3OS/c15-11(14-9-3-1-2-4-9)7-12-5-10-6-13-8-16-10/h6,8-9,12H,1-5,7H2,(H,14,15). The molecule has 16 heavy (non-hydrogen) atoms. The van der Waals surface area contributed by atoms with Gasteiger partial charge < -0.3 is 10.6 Å². The second kappa shape index (κ2) is 5.96. The van der Waals surface area contributed by atoms with E-state index in [-0.39, 0.29) is 5.91 Å². The number of amides is 1. The van der Waals surface area contributed by atoms with E-state index < -0.39 is 0 Å². The molecule has 0 aliphatic heterocycles. The minimum Gasteiger partial charge on any atom is -0.352 e. The third kappa shape index (κ3) is 3.57. The zero-order valence-corrected chi connectivity index (χ0v) is 10.1. The lowest BCUT2D eigenvalue weighted by Gasteiger charge is -2.11. The van der Waals surface area contributed by atoms with Gasteiger partial charge in [0.1, 0.15) is 0 Å². The van der Waals surface area contributed by atoms with Crippen LogP contribution >= 0.6 is 11.3 Å². The molecule has 1 heterocycles. The molecule has 4 nitrogen and oxygen atoms in total. The normalized spacial score (nSPS) is 16.5. The first-order valence-electron chi connectivity index (χ1n) is 5.72. The average Bonchev–Trinajstić information content (AvgIpc) is 2.90. The Kier molecular flexibility index (Phi) is 4.30. The summed E-state index contributed by atoms with van der Waals surface area (Å²) in [6.45, 7) is 1.12. The van der Waals surface area contributed by atoms with Crippen LogP contribution in [-0.4, -0.2) is 23.5 Å². The van der Waals surface area contributed by atoms with Gasteiger partial charge in [0.15, 0.2) is 0 Å². The first-order chi connectivity index (χ1) is 7.84. The van der Waals surface area contributed by atoms with Crippen LogP contribution < -0.4 is 10.6 Å². The summed E-state index contributed by atoms with van der Waals surface area (Å²) in [6.07, 6.45) is 6.60. The molecule has 1 aromatic heterocycles. The van der Waals surface area contributed by atoms with Gasteiger partial charge >= 0.3 is 0 Å². The zero-order chi connectivity index (χ0) is 11.2. The lowest BCUT2D eigenvalue weighted by atomic mass is 10.2. The summed E-state index contributed by atoms with van der Waals surface area (Å²) in [5.74, 6) is 0.108. The van der Waals surface area contributed by atoms with E-state index in [2.05, 4.69) is 15.6 Å². The molecule has 5 heteroatoms. The van der Waals surface area contributed by atoms with Crippen molar-refractivity contribution in [3.05, 3.63) is 16.6 Å². The molecule has 1 amide bonds. The Hall–Kier alpha value is -0.940. The molecule has 1 aliphatic rings. The number of nitrogens with one attached hydrogen (secondary N) is 2. The van der Waals surface area contributed by atoms with Crippen molar-refractivity contribution in [1.82, 2.24) is 15.6 Å². The predicted octanol–water partition coefficient (Wildman–Crippen LogP) is 1.29. The van der Waals surface area contributed by atoms with Gasteiger partial charge in [0.25, 0.3) is 0 Å². The average molecular weight is 239 g/mol. The van der Waals surface area contributed by atoms with Crippen molar-refractivity contribution in [1.29, 1.82) is 0 Å². The fourth-order valence-electron chi connectivity index (χ4n) is 1.98. The van der Waals surface area contributed by atoms with Crippen molar-refractivity contribution >= 4 is 17.2 Å². The van der Waals surface area contributed by atoms with Crippen molar-refractivity contribution in [2.24, 2.45) is 0 Å². The maximum atomic E-state index is 11.5. The highest BCUT2D eigenvalue weighted by molar-refractivity contribution is 7.09. The van der Waals surface area contributed by atoms with Crippen LogP contribution in [0.15, 0.2) is 11.7 Å². The Morgan fingerprint density at radius 1 is 1.50 bits per heavy atom. The van der Waals surface area contributed by atoms with E-state index >= 15 is 0 Å². The largest absolute Gasteiger partial charge is 0.352 e. The number of carbonyl (C=O) groups excluding carboxylic acids is 1. The Balaban J connectivity index is 1.60. The minimum atomic E-state index is 0.108. The van der Waals surface area contributed by atoms with Crippen LogP contribution in [0.4, 0.5) is 0 Å². The summed E-state index contributed by atoms with van der Waals surface area (Å²) < 4.78 is 0. The topological polar surface area (TPSA) is 54.0 Å². The van der Waals surface area contributed by atoms with E-state index in [4.69, 9.17) is 0 Å². The fourth-order valence-corrected chi connectivity index (χ4v) is 2.54. The monoisotopic (exact) mass is 239 g/mol. The van der Waals surface area contributed by atoms with Crippen LogP contribution in [0.1, 0.15) is 30.6 Å². The quantitative estimate of drug-likeness (QED) is 0.814. The van der Waals surface area contributed by atoms with Crippen LogP contribution in [0.5, 0.6) is 0 Å². The number of carbonyl (C=O) groups is 1. The molecule has 2 N–H and O–H groups in total. The van der Waals surface area contributed by atoms with Crippen LogP contribution in [0.2, 0.25) is 0 Å². The number of hydrogen-bond donors (Lipinski definition) is 2. The highest BCUT2D eigenvalue weighted by Gasteiger charge is 2.16. The van der Waals surface area contributed by atoms with Crippen LogP contribution in [0, 0.1) is 0 Å². The van der Waals surface area contributed by atoms with E-state index in [9.17, 15) is 4.79 Å². The predicted molar refractivity (Wildman–Crippen MR) is 64.2 cm³/mol. The third-order valence-electron chi connectivity index (χ3n) is 2.79. The molecular formula is C11H17N3OS. The number of thiazole rings is 1. The molecular weight excluding hydrogens is 222 g/mol. The molecule has 0 spiro atoms. The summed E-state index contributed by atoms with van der Waals surface area (Å²) >= 11 is 1.60. The van der Waals surface area contributed by atoms with E-state index in [1.54, 1.807) is 16.8 Å². The van der Waals surface area contributed by atoms with E-state index in [0.717, 1.165) is 24.3 Å². The van der Waals surface area contributed by atoms with Gasteiger partial charge in [0.2, 0.25) is 5.91 Å². The number of hydrogen-bond acceptors (Lipinski definition) is 4. The lowest BCUT2D eigenvalue weighted by Crippen LogP contribution is -2.38. The minimum absolute atomic E-state index is 0.108. The highest BCUT2D eigenvalue weighted by atomic mass is 32.1. The van der Waals surface area contributed by atoms with Crippen molar-refractivity contribution in [2.75, 3.05) is 6.54 Å². The molecule has 88 valence electrons. The number of nitrogens with zero attached hydrogens (tertiary/aromatic N) is 1. The first kappa shape index (κ1) is 11.5. The zero-order valence-electron chi connectivity index (χ0n) is 9.24. The number of aromatic nitrogens is 1. The first-order valence-corrected chi connectivity index (χ1v) is 6.60. The number of rotatable bonds is 5. The summed E-state index contributed by atoms with van der Waals surface area (Å²) in [5.41, 5.74) is 1.80. The Labute approximate surface area is 99.5 Å². The fraction of sp³-hybridized carbons (Fsp3) is 0.636. The second-order valence-electron chi connectivity index (χ2n) is 4.12. The van der Waals surface area contributed by atoms with E-state index in [0.29, 0.717) is 12.6 Å². The Bertz CT molecular complexity index is 320. The summed E-state index contributed by atoms with van der Waals surface area (Å²) in [5, 5.41) is 6.17. The van der Waals surface area contributed by atoms with Crippen molar-refractivity contribution in [3.63, 3.8) is 0 Å². The molecule has 0 aromatic carbocycles. The van der Waals surface area contributed by atoms with Crippen molar-refractivity contribution in [2.45, 2.75) is 38.3 Å². The maximum absolute atomic E-state index is 11.5. The van der Waals surface area contributed by atoms with Crippen molar-refractivity contribution in [3.8, 4) is 0 Å². The molecule has 1 aromatic rings. The molecule has 1 saturated carbocycles. The molecule has 0 unspecified atom stereocenters. The highest BCUT2D eigenvalue weighted by Crippen LogP contribution is 2.17.